The van der Waals surface area contributed by atoms with Gasteiger partial charge >= 0.3 is 0 Å². The van der Waals surface area contributed by atoms with Crippen molar-refractivity contribution in [2.75, 3.05) is 11.9 Å². The van der Waals surface area contributed by atoms with Gasteiger partial charge in [0.05, 0.1) is 6.54 Å². The molecule has 0 unspecified atom stereocenters. The van der Waals surface area contributed by atoms with E-state index in [4.69, 9.17) is 11.6 Å². The fourth-order valence-corrected chi connectivity index (χ4v) is 2.12. The number of anilines is 1. The minimum atomic E-state index is -1.00. The van der Waals surface area contributed by atoms with Gasteiger partial charge in [0.15, 0.2) is 11.6 Å². The molecule has 2 aromatic rings. The topological polar surface area (TPSA) is 41.1 Å². The second-order valence-electron chi connectivity index (χ2n) is 4.83. The highest BCUT2D eigenvalue weighted by Crippen LogP contribution is 2.17. The van der Waals surface area contributed by atoms with Gasteiger partial charge in [-0.05, 0) is 36.8 Å². The summed E-state index contributed by atoms with van der Waals surface area (Å²) in [6.07, 6.45) is 0. The third-order valence-electron chi connectivity index (χ3n) is 3.12. The first-order chi connectivity index (χ1) is 10.5. The molecule has 116 valence electrons. The summed E-state index contributed by atoms with van der Waals surface area (Å²) in [7, 11) is 0. The lowest BCUT2D eigenvalue weighted by Crippen LogP contribution is -2.30. The molecule has 6 heteroatoms. The van der Waals surface area contributed by atoms with Gasteiger partial charge < -0.3 is 10.6 Å². The van der Waals surface area contributed by atoms with Crippen molar-refractivity contribution in [2.24, 2.45) is 0 Å². The highest BCUT2D eigenvalue weighted by Gasteiger charge is 2.09. The number of carbonyl (C=O) groups is 1. The van der Waals surface area contributed by atoms with E-state index in [-0.39, 0.29) is 24.2 Å². The van der Waals surface area contributed by atoms with Crippen LogP contribution in [0, 0.1) is 11.6 Å². The van der Waals surface area contributed by atoms with Crippen molar-refractivity contribution < 1.29 is 13.6 Å². The maximum atomic E-state index is 13.0. The molecule has 0 aromatic heterocycles. The van der Waals surface area contributed by atoms with Crippen LogP contribution < -0.4 is 10.6 Å². The Labute approximate surface area is 132 Å². The van der Waals surface area contributed by atoms with Crippen LogP contribution in [0.2, 0.25) is 5.02 Å². The Kier molecular flexibility index (Phi) is 5.46. The molecule has 3 nitrogen and oxygen atoms in total. The van der Waals surface area contributed by atoms with Gasteiger partial charge in [-0.15, -0.1) is 0 Å². The zero-order valence-corrected chi connectivity index (χ0v) is 12.6. The summed E-state index contributed by atoms with van der Waals surface area (Å²) in [5.41, 5.74) is 1.16. The molecular weight excluding hydrogens is 310 g/mol. The molecule has 0 radical (unpaired) electrons. The standard InChI is InChI=1S/C16H15ClF2N2O/c1-10(11-3-2-4-12(17)7-11)20-9-16(22)21-13-5-6-14(18)15(19)8-13/h2-8,10,20H,9H2,1H3,(H,21,22)/t10-/m0/s1. The number of hydrogen-bond acceptors (Lipinski definition) is 2. The molecule has 2 rings (SSSR count). The van der Waals surface area contributed by atoms with E-state index in [1.54, 1.807) is 6.07 Å². The second-order valence-corrected chi connectivity index (χ2v) is 5.27. The SMILES string of the molecule is C[C@H](NCC(=O)Nc1ccc(F)c(F)c1)c1cccc(Cl)c1. The highest BCUT2D eigenvalue weighted by atomic mass is 35.5. The van der Waals surface area contributed by atoms with Crippen molar-refractivity contribution in [1.29, 1.82) is 0 Å². The Hall–Kier alpha value is -1.98. The van der Waals surface area contributed by atoms with Crippen LogP contribution in [0.4, 0.5) is 14.5 Å². The van der Waals surface area contributed by atoms with Crippen molar-refractivity contribution in [1.82, 2.24) is 5.32 Å². The third kappa shape index (κ3) is 4.51. The van der Waals surface area contributed by atoms with Gasteiger partial charge in [-0.3, -0.25) is 4.79 Å². The first-order valence-corrected chi connectivity index (χ1v) is 7.07. The summed E-state index contributed by atoms with van der Waals surface area (Å²) in [5, 5.41) is 6.15. The van der Waals surface area contributed by atoms with E-state index in [0.29, 0.717) is 5.02 Å². The van der Waals surface area contributed by atoms with E-state index in [1.165, 1.54) is 6.07 Å². The monoisotopic (exact) mass is 324 g/mol. The summed E-state index contributed by atoms with van der Waals surface area (Å²) < 4.78 is 25.8. The number of amides is 1. The summed E-state index contributed by atoms with van der Waals surface area (Å²) in [6.45, 7) is 1.93. The van der Waals surface area contributed by atoms with Crippen LogP contribution >= 0.6 is 11.6 Å². The largest absolute Gasteiger partial charge is 0.325 e. The molecule has 0 aliphatic carbocycles. The minimum Gasteiger partial charge on any atom is -0.325 e. The van der Waals surface area contributed by atoms with Crippen molar-refractivity contribution in [2.45, 2.75) is 13.0 Å². The summed E-state index contributed by atoms with van der Waals surface area (Å²) >= 11 is 5.91. The van der Waals surface area contributed by atoms with E-state index < -0.39 is 11.6 Å². The van der Waals surface area contributed by atoms with Gasteiger partial charge in [0.25, 0.3) is 0 Å². The quantitative estimate of drug-likeness (QED) is 0.875. The van der Waals surface area contributed by atoms with Crippen LogP contribution in [0.5, 0.6) is 0 Å². The number of nitrogens with one attached hydrogen (secondary N) is 2. The van der Waals surface area contributed by atoms with Gasteiger partial charge in [-0.25, -0.2) is 8.78 Å². The van der Waals surface area contributed by atoms with Crippen molar-refractivity contribution in [3.8, 4) is 0 Å². The van der Waals surface area contributed by atoms with Gasteiger partial charge in [-0.1, -0.05) is 23.7 Å². The second kappa shape index (κ2) is 7.33. The molecule has 1 amide bonds. The van der Waals surface area contributed by atoms with Crippen molar-refractivity contribution in [3.05, 3.63) is 64.7 Å². The molecule has 22 heavy (non-hydrogen) atoms. The summed E-state index contributed by atoms with van der Waals surface area (Å²) in [6, 6.07) is 10.4. The van der Waals surface area contributed by atoms with Crippen LogP contribution in [-0.2, 0) is 4.79 Å². The van der Waals surface area contributed by atoms with E-state index in [0.717, 1.165) is 17.7 Å². The number of halogens is 3. The lowest BCUT2D eigenvalue weighted by molar-refractivity contribution is -0.115. The number of hydrogen-bond donors (Lipinski definition) is 2. The van der Waals surface area contributed by atoms with Gasteiger partial charge in [0.1, 0.15) is 0 Å². The van der Waals surface area contributed by atoms with Crippen LogP contribution in [0.15, 0.2) is 42.5 Å². The van der Waals surface area contributed by atoms with Gasteiger partial charge in [-0.2, -0.15) is 0 Å². The Bertz CT molecular complexity index is 679. The molecule has 0 saturated heterocycles. The Morgan fingerprint density at radius 1 is 1.18 bits per heavy atom. The van der Waals surface area contributed by atoms with Gasteiger partial charge in [0, 0.05) is 22.8 Å². The van der Waals surface area contributed by atoms with Crippen molar-refractivity contribution in [3.63, 3.8) is 0 Å². The summed E-state index contributed by atoms with van der Waals surface area (Å²) in [5.74, 6) is -2.30. The highest BCUT2D eigenvalue weighted by molar-refractivity contribution is 6.30. The number of benzene rings is 2. The molecule has 2 N–H and O–H groups in total. The molecule has 2 aromatic carbocycles. The number of rotatable bonds is 5. The average molecular weight is 325 g/mol. The lowest BCUT2D eigenvalue weighted by atomic mass is 10.1. The Morgan fingerprint density at radius 2 is 1.95 bits per heavy atom. The predicted molar refractivity (Wildman–Crippen MR) is 82.9 cm³/mol. The molecule has 0 saturated carbocycles. The average Bonchev–Trinajstić information content (AvgIpc) is 2.48. The molecule has 0 bridgehead atoms. The molecule has 1 atom stereocenters. The molecule has 0 aliphatic heterocycles. The zero-order chi connectivity index (χ0) is 16.1. The maximum absolute atomic E-state index is 13.0. The van der Waals surface area contributed by atoms with E-state index in [1.807, 2.05) is 25.1 Å². The Morgan fingerprint density at radius 3 is 2.64 bits per heavy atom. The smallest absolute Gasteiger partial charge is 0.238 e. The van der Waals surface area contributed by atoms with E-state index >= 15 is 0 Å². The van der Waals surface area contributed by atoms with Crippen LogP contribution in [0.25, 0.3) is 0 Å². The molecule has 0 heterocycles. The third-order valence-corrected chi connectivity index (χ3v) is 3.36. The molecule has 0 aliphatic rings. The zero-order valence-electron chi connectivity index (χ0n) is 11.9. The number of carbonyl (C=O) groups excluding carboxylic acids is 1. The van der Waals surface area contributed by atoms with Crippen LogP contribution in [0.1, 0.15) is 18.5 Å². The molecule has 0 spiro atoms. The fraction of sp³-hybridized carbons (Fsp3) is 0.188. The Balaban J connectivity index is 1.88. The maximum Gasteiger partial charge on any atom is 0.238 e. The normalized spacial score (nSPS) is 12.0. The first-order valence-electron chi connectivity index (χ1n) is 6.69. The predicted octanol–water partition coefficient (Wildman–Crippen LogP) is 3.91. The molecular formula is C16H15ClF2N2O. The fourth-order valence-electron chi connectivity index (χ4n) is 1.92. The van der Waals surface area contributed by atoms with Crippen LogP contribution in [0.3, 0.4) is 0 Å². The summed E-state index contributed by atoms with van der Waals surface area (Å²) in [4.78, 5) is 11.8. The van der Waals surface area contributed by atoms with Crippen LogP contribution in [-0.4, -0.2) is 12.5 Å². The van der Waals surface area contributed by atoms with E-state index in [2.05, 4.69) is 10.6 Å². The van der Waals surface area contributed by atoms with E-state index in [9.17, 15) is 13.6 Å². The lowest BCUT2D eigenvalue weighted by Gasteiger charge is -2.14. The van der Waals surface area contributed by atoms with Gasteiger partial charge in [0.2, 0.25) is 5.91 Å². The van der Waals surface area contributed by atoms with Crippen molar-refractivity contribution >= 4 is 23.2 Å². The first kappa shape index (κ1) is 16.4. The minimum absolute atomic E-state index is 0.0344. The molecule has 0 fully saturated rings.